The number of piperidine rings is 1. The molecule has 3 rings (SSSR count). The Morgan fingerprint density at radius 3 is 2.87 bits per heavy atom. The summed E-state index contributed by atoms with van der Waals surface area (Å²) in [4.78, 5) is 28.4. The molecule has 0 saturated carbocycles. The molecule has 2 aromatic rings. The van der Waals surface area contributed by atoms with E-state index < -0.39 is 23.7 Å². The van der Waals surface area contributed by atoms with E-state index in [4.69, 9.17) is 11.6 Å². The molecular formula is C16H16ClFN2O3. The molecule has 0 aliphatic carbocycles. The smallest absolute Gasteiger partial charge is 0.326 e. The summed E-state index contributed by atoms with van der Waals surface area (Å²) in [5.41, 5.74) is 0.644. The first kappa shape index (κ1) is 15.8. The number of rotatable bonds is 2. The van der Waals surface area contributed by atoms with Crippen LogP contribution in [0.5, 0.6) is 0 Å². The maximum Gasteiger partial charge on any atom is 0.326 e. The largest absolute Gasteiger partial charge is 0.480 e. The lowest BCUT2D eigenvalue weighted by molar-refractivity contribution is -0.144. The van der Waals surface area contributed by atoms with Crippen LogP contribution in [0.15, 0.2) is 18.2 Å². The molecule has 0 radical (unpaired) electrons. The Morgan fingerprint density at radius 2 is 2.17 bits per heavy atom. The van der Waals surface area contributed by atoms with E-state index in [-0.39, 0.29) is 16.6 Å². The van der Waals surface area contributed by atoms with Crippen LogP contribution in [0.4, 0.5) is 4.39 Å². The van der Waals surface area contributed by atoms with Gasteiger partial charge >= 0.3 is 5.97 Å². The minimum atomic E-state index is -1.02. The van der Waals surface area contributed by atoms with Gasteiger partial charge in [-0.15, -0.1) is 0 Å². The van der Waals surface area contributed by atoms with Gasteiger partial charge in [-0.3, -0.25) is 4.79 Å². The number of benzene rings is 1. The summed E-state index contributed by atoms with van der Waals surface area (Å²) < 4.78 is 13.3. The van der Waals surface area contributed by atoms with Crippen LogP contribution in [0.2, 0.25) is 5.02 Å². The second-order valence-corrected chi connectivity index (χ2v) is 6.36. The lowest BCUT2D eigenvalue weighted by atomic mass is 9.92. The fraction of sp³-hybridized carbons (Fsp3) is 0.375. The number of carbonyl (C=O) groups excluding carboxylic acids is 1. The highest BCUT2D eigenvalue weighted by molar-refractivity contribution is 6.38. The van der Waals surface area contributed by atoms with Crippen molar-refractivity contribution in [2.24, 2.45) is 5.92 Å². The Balaban J connectivity index is 1.99. The average Bonchev–Trinajstić information content (AvgIpc) is 2.83. The quantitative estimate of drug-likeness (QED) is 0.882. The molecule has 1 fully saturated rings. The van der Waals surface area contributed by atoms with E-state index in [1.54, 1.807) is 0 Å². The number of aromatic amines is 1. The molecule has 2 heterocycles. The van der Waals surface area contributed by atoms with Crippen molar-refractivity contribution >= 4 is 34.4 Å². The summed E-state index contributed by atoms with van der Waals surface area (Å²) in [6.07, 6.45) is 1.15. The molecule has 1 amide bonds. The normalized spacial score (nSPS) is 21.6. The van der Waals surface area contributed by atoms with E-state index in [1.807, 2.05) is 6.92 Å². The third-order valence-electron chi connectivity index (χ3n) is 4.32. The SMILES string of the molecule is CC1CCN(C(=O)c2[nH]c3ccc(F)cc3c2Cl)C(C(=O)O)C1. The number of halogens is 2. The zero-order valence-corrected chi connectivity index (χ0v) is 13.2. The molecule has 1 aromatic heterocycles. The van der Waals surface area contributed by atoms with Gasteiger partial charge in [-0.25, -0.2) is 9.18 Å². The number of fused-ring (bicyclic) bond motifs is 1. The van der Waals surface area contributed by atoms with Crippen LogP contribution in [0.3, 0.4) is 0 Å². The van der Waals surface area contributed by atoms with Crippen LogP contribution in [-0.2, 0) is 4.79 Å². The van der Waals surface area contributed by atoms with Crippen LogP contribution < -0.4 is 0 Å². The zero-order valence-electron chi connectivity index (χ0n) is 12.5. The Morgan fingerprint density at radius 1 is 1.43 bits per heavy atom. The van der Waals surface area contributed by atoms with Crippen molar-refractivity contribution in [1.82, 2.24) is 9.88 Å². The maximum absolute atomic E-state index is 13.3. The van der Waals surface area contributed by atoms with Crippen LogP contribution in [0.1, 0.15) is 30.3 Å². The van der Waals surface area contributed by atoms with Gasteiger partial charge in [0.15, 0.2) is 0 Å². The van der Waals surface area contributed by atoms with Crippen LogP contribution >= 0.6 is 11.6 Å². The minimum Gasteiger partial charge on any atom is -0.480 e. The number of aliphatic carboxylic acids is 1. The van der Waals surface area contributed by atoms with E-state index in [0.717, 1.165) is 6.42 Å². The average molecular weight is 339 g/mol. The molecule has 1 aliphatic heterocycles. The van der Waals surface area contributed by atoms with Gasteiger partial charge < -0.3 is 15.0 Å². The predicted molar refractivity (Wildman–Crippen MR) is 84.1 cm³/mol. The predicted octanol–water partition coefficient (Wildman–Crippen LogP) is 3.29. The third kappa shape index (κ3) is 2.79. The summed E-state index contributed by atoms with van der Waals surface area (Å²) >= 11 is 6.21. The molecule has 0 bridgehead atoms. The molecule has 7 heteroatoms. The Labute approximate surface area is 137 Å². The zero-order chi connectivity index (χ0) is 16.7. The molecule has 1 aliphatic rings. The van der Waals surface area contributed by atoms with Gasteiger partial charge in [0.25, 0.3) is 5.91 Å². The molecule has 0 spiro atoms. The molecule has 2 N–H and O–H groups in total. The number of nitrogens with one attached hydrogen (secondary N) is 1. The molecule has 1 aromatic carbocycles. The molecule has 2 unspecified atom stereocenters. The Kier molecular flexibility index (Phi) is 4.02. The van der Waals surface area contributed by atoms with E-state index in [2.05, 4.69) is 4.98 Å². The maximum atomic E-state index is 13.3. The molecule has 5 nitrogen and oxygen atoms in total. The minimum absolute atomic E-state index is 0.105. The number of H-pyrrole nitrogens is 1. The lowest BCUT2D eigenvalue weighted by Crippen LogP contribution is -2.49. The number of aromatic nitrogens is 1. The van der Waals surface area contributed by atoms with Crippen LogP contribution in [0, 0.1) is 11.7 Å². The number of carbonyl (C=O) groups is 2. The van der Waals surface area contributed by atoms with Gasteiger partial charge in [-0.1, -0.05) is 18.5 Å². The molecule has 1 saturated heterocycles. The standard InChI is InChI=1S/C16H16ClFN2O3/c1-8-4-5-20(12(6-8)16(22)23)15(21)14-13(17)10-7-9(18)2-3-11(10)19-14/h2-3,7-8,12,19H,4-6H2,1H3,(H,22,23). The lowest BCUT2D eigenvalue weighted by Gasteiger charge is -2.35. The monoisotopic (exact) mass is 338 g/mol. The van der Waals surface area contributed by atoms with Gasteiger partial charge in [-0.05, 0) is 37.0 Å². The van der Waals surface area contributed by atoms with Gasteiger partial charge in [0.2, 0.25) is 0 Å². The van der Waals surface area contributed by atoms with Crippen molar-refractivity contribution < 1.29 is 19.1 Å². The Bertz CT molecular complexity index is 789. The fourth-order valence-electron chi connectivity index (χ4n) is 3.04. The first-order valence-corrected chi connectivity index (χ1v) is 7.76. The number of carboxylic acid groups (broad SMARTS) is 1. The summed E-state index contributed by atoms with van der Waals surface area (Å²) in [5, 5.41) is 9.91. The summed E-state index contributed by atoms with van der Waals surface area (Å²) in [6, 6.07) is 3.15. The number of carboxylic acids is 1. The van der Waals surface area contributed by atoms with Crippen molar-refractivity contribution in [3.05, 3.63) is 34.7 Å². The third-order valence-corrected chi connectivity index (χ3v) is 4.71. The van der Waals surface area contributed by atoms with Crippen molar-refractivity contribution in [3.8, 4) is 0 Å². The first-order chi connectivity index (χ1) is 10.9. The summed E-state index contributed by atoms with van der Waals surface area (Å²) in [6.45, 7) is 2.33. The topological polar surface area (TPSA) is 73.4 Å². The van der Waals surface area contributed by atoms with Crippen molar-refractivity contribution in [1.29, 1.82) is 0 Å². The van der Waals surface area contributed by atoms with E-state index >= 15 is 0 Å². The molecule has 2 atom stereocenters. The molecule has 122 valence electrons. The van der Waals surface area contributed by atoms with Crippen molar-refractivity contribution in [3.63, 3.8) is 0 Å². The highest BCUT2D eigenvalue weighted by Crippen LogP contribution is 2.31. The van der Waals surface area contributed by atoms with Crippen molar-refractivity contribution in [2.45, 2.75) is 25.8 Å². The fourth-order valence-corrected chi connectivity index (χ4v) is 3.33. The van der Waals surface area contributed by atoms with E-state index in [1.165, 1.54) is 23.1 Å². The number of likely N-dealkylation sites (tertiary alicyclic amines) is 1. The van der Waals surface area contributed by atoms with E-state index in [9.17, 15) is 19.1 Å². The second-order valence-electron chi connectivity index (χ2n) is 5.99. The molecule has 23 heavy (non-hydrogen) atoms. The van der Waals surface area contributed by atoms with Crippen molar-refractivity contribution in [2.75, 3.05) is 6.54 Å². The summed E-state index contributed by atoms with van der Waals surface area (Å²) in [5.74, 6) is -1.70. The Hall–Kier alpha value is -2.08. The highest BCUT2D eigenvalue weighted by atomic mass is 35.5. The number of hydrogen-bond donors (Lipinski definition) is 2. The highest BCUT2D eigenvalue weighted by Gasteiger charge is 2.36. The van der Waals surface area contributed by atoms with E-state index in [0.29, 0.717) is 23.9 Å². The number of hydrogen-bond acceptors (Lipinski definition) is 2. The second kappa shape index (κ2) is 5.85. The van der Waals surface area contributed by atoms with Gasteiger partial charge in [0.1, 0.15) is 17.6 Å². The van der Waals surface area contributed by atoms with Crippen LogP contribution in [0.25, 0.3) is 10.9 Å². The number of nitrogens with zero attached hydrogens (tertiary/aromatic N) is 1. The molecular weight excluding hydrogens is 323 g/mol. The van der Waals surface area contributed by atoms with Gasteiger partial charge in [0, 0.05) is 17.4 Å². The summed E-state index contributed by atoms with van der Waals surface area (Å²) in [7, 11) is 0. The number of amides is 1. The van der Waals surface area contributed by atoms with Gasteiger partial charge in [0.05, 0.1) is 5.02 Å². The first-order valence-electron chi connectivity index (χ1n) is 7.39. The van der Waals surface area contributed by atoms with Crippen LogP contribution in [-0.4, -0.2) is 39.5 Å². The van der Waals surface area contributed by atoms with Gasteiger partial charge in [-0.2, -0.15) is 0 Å².